The van der Waals surface area contributed by atoms with E-state index in [4.69, 9.17) is 4.74 Å². The second kappa shape index (κ2) is 11.6. The average molecular weight is 467 g/mol. The Balaban J connectivity index is 1.46. The van der Waals surface area contributed by atoms with Crippen LogP contribution in [0.4, 0.5) is 5.69 Å². The SMILES string of the molecule is O=C(NCCC(c1ccccc1)c1ccccc1)c1cc(OCc2ccccc2)ccc1[N+](=O)[O-]. The minimum Gasteiger partial charge on any atom is -0.489 e. The van der Waals surface area contributed by atoms with Crippen LogP contribution in [-0.4, -0.2) is 17.4 Å². The molecule has 0 bridgehead atoms. The third-order valence-corrected chi connectivity index (χ3v) is 5.78. The first-order chi connectivity index (χ1) is 17.1. The molecular formula is C29H26N2O4. The number of nitro benzene ring substituents is 1. The van der Waals surface area contributed by atoms with Gasteiger partial charge in [-0.25, -0.2) is 0 Å². The fraction of sp³-hybridized carbons (Fsp3) is 0.138. The topological polar surface area (TPSA) is 81.5 Å². The molecule has 0 saturated carbocycles. The van der Waals surface area contributed by atoms with E-state index in [0.29, 0.717) is 25.3 Å². The third kappa shape index (κ3) is 6.32. The highest BCUT2D eigenvalue weighted by Gasteiger charge is 2.22. The van der Waals surface area contributed by atoms with Gasteiger partial charge in [0, 0.05) is 18.5 Å². The highest BCUT2D eigenvalue weighted by atomic mass is 16.6. The molecule has 4 aromatic rings. The molecule has 0 unspecified atom stereocenters. The molecule has 0 aromatic heterocycles. The van der Waals surface area contributed by atoms with Crippen molar-refractivity contribution in [3.05, 3.63) is 142 Å². The van der Waals surface area contributed by atoms with Crippen LogP contribution < -0.4 is 10.1 Å². The minimum atomic E-state index is -0.549. The average Bonchev–Trinajstić information content (AvgIpc) is 2.91. The zero-order valence-corrected chi connectivity index (χ0v) is 19.2. The van der Waals surface area contributed by atoms with Gasteiger partial charge in [0.1, 0.15) is 17.9 Å². The lowest BCUT2D eigenvalue weighted by molar-refractivity contribution is -0.385. The van der Waals surface area contributed by atoms with E-state index < -0.39 is 10.8 Å². The summed E-state index contributed by atoms with van der Waals surface area (Å²) in [6.45, 7) is 0.662. The summed E-state index contributed by atoms with van der Waals surface area (Å²) in [6.07, 6.45) is 0.651. The first kappa shape index (κ1) is 23.7. The molecule has 0 saturated heterocycles. The van der Waals surface area contributed by atoms with E-state index in [2.05, 4.69) is 29.6 Å². The van der Waals surface area contributed by atoms with Gasteiger partial charge in [-0.05, 0) is 35.2 Å². The largest absolute Gasteiger partial charge is 0.489 e. The standard InChI is InChI=1S/C29H26N2O4/c32-29(30-19-18-26(23-12-6-2-7-13-23)24-14-8-3-9-15-24)27-20-25(16-17-28(27)31(33)34)35-21-22-10-4-1-5-11-22/h1-17,20,26H,18-19,21H2,(H,30,32). The van der Waals surface area contributed by atoms with E-state index in [1.54, 1.807) is 0 Å². The number of hydrogen-bond acceptors (Lipinski definition) is 4. The second-order valence-corrected chi connectivity index (χ2v) is 8.13. The number of benzene rings is 4. The Bertz CT molecular complexity index is 1220. The number of nitro groups is 1. The number of nitrogens with one attached hydrogen (secondary N) is 1. The molecule has 0 aliphatic carbocycles. The number of rotatable bonds is 10. The molecular weight excluding hydrogens is 440 g/mol. The Morgan fingerprint density at radius 3 is 1.97 bits per heavy atom. The summed E-state index contributed by atoms with van der Waals surface area (Å²) in [5.41, 5.74) is 2.99. The molecule has 0 heterocycles. The third-order valence-electron chi connectivity index (χ3n) is 5.78. The van der Waals surface area contributed by atoms with Gasteiger partial charge in [-0.3, -0.25) is 14.9 Å². The summed E-state index contributed by atoms with van der Waals surface area (Å²) in [6, 6.07) is 34.0. The number of amides is 1. The zero-order chi connectivity index (χ0) is 24.5. The first-order valence-corrected chi connectivity index (χ1v) is 11.4. The van der Waals surface area contributed by atoms with Gasteiger partial charge in [0.05, 0.1) is 4.92 Å². The predicted molar refractivity (Wildman–Crippen MR) is 136 cm³/mol. The van der Waals surface area contributed by atoms with Crippen molar-refractivity contribution in [2.75, 3.05) is 6.54 Å². The molecule has 4 rings (SSSR count). The van der Waals surface area contributed by atoms with Gasteiger partial charge < -0.3 is 10.1 Å². The van der Waals surface area contributed by atoms with Crippen LogP contribution in [-0.2, 0) is 6.61 Å². The van der Waals surface area contributed by atoms with Gasteiger partial charge >= 0.3 is 0 Å². The quantitative estimate of drug-likeness (QED) is 0.225. The van der Waals surface area contributed by atoms with Crippen LogP contribution in [0.2, 0.25) is 0 Å². The molecule has 6 heteroatoms. The first-order valence-electron chi connectivity index (χ1n) is 11.4. The molecule has 1 N–H and O–H groups in total. The summed E-state index contributed by atoms with van der Waals surface area (Å²) < 4.78 is 5.77. The van der Waals surface area contributed by atoms with E-state index in [9.17, 15) is 14.9 Å². The summed E-state index contributed by atoms with van der Waals surface area (Å²) in [4.78, 5) is 24.0. The van der Waals surface area contributed by atoms with Crippen LogP contribution in [0.15, 0.2) is 109 Å². The van der Waals surface area contributed by atoms with Crippen molar-refractivity contribution in [2.45, 2.75) is 18.9 Å². The molecule has 176 valence electrons. The number of nitrogens with zero attached hydrogens (tertiary/aromatic N) is 1. The fourth-order valence-electron chi connectivity index (χ4n) is 4.01. The van der Waals surface area contributed by atoms with Gasteiger partial charge in [-0.2, -0.15) is 0 Å². The van der Waals surface area contributed by atoms with Crippen LogP contribution in [0, 0.1) is 10.1 Å². The van der Waals surface area contributed by atoms with Gasteiger partial charge in [-0.15, -0.1) is 0 Å². The van der Waals surface area contributed by atoms with Gasteiger partial charge in [0.25, 0.3) is 11.6 Å². The lowest BCUT2D eigenvalue weighted by Gasteiger charge is -2.18. The monoisotopic (exact) mass is 466 g/mol. The number of hydrogen-bond donors (Lipinski definition) is 1. The van der Waals surface area contributed by atoms with Gasteiger partial charge in [-0.1, -0.05) is 91.0 Å². The molecule has 0 aliphatic rings. The van der Waals surface area contributed by atoms with Gasteiger partial charge in [0.2, 0.25) is 0 Å². The molecule has 0 atom stereocenters. The van der Waals surface area contributed by atoms with Crippen molar-refractivity contribution in [1.82, 2.24) is 5.32 Å². The Hall–Kier alpha value is -4.45. The molecule has 6 nitrogen and oxygen atoms in total. The maximum absolute atomic E-state index is 13.0. The minimum absolute atomic E-state index is 0.0171. The second-order valence-electron chi connectivity index (χ2n) is 8.13. The molecule has 4 aromatic carbocycles. The summed E-state index contributed by atoms with van der Waals surface area (Å²) in [7, 11) is 0. The van der Waals surface area contributed by atoms with E-state index in [1.807, 2.05) is 66.7 Å². The van der Waals surface area contributed by atoms with Crippen LogP contribution in [0.3, 0.4) is 0 Å². The van der Waals surface area contributed by atoms with Crippen LogP contribution >= 0.6 is 0 Å². The van der Waals surface area contributed by atoms with Crippen molar-refractivity contribution >= 4 is 11.6 Å². The smallest absolute Gasteiger partial charge is 0.282 e. The molecule has 0 aliphatic heterocycles. The molecule has 0 spiro atoms. The zero-order valence-electron chi connectivity index (χ0n) is 19.2. The maximum Gasteiger partial charge on any atom is 0.282 e. The summed E-state index contributed by atoms with van der Waals surface area (Å²) in [5.74, 6) is -0.00832. The Labute approximate surface area is 204 Å². The lowest BCUT2D eigenvalue weighted by atomic mass is 9.88. The highest BCUT2D eigenvalue weighted by molar-refractivity contribution is 5.98. The fourth-order valence-corrected chi connectivity index (χ4v) is 4.01. The van der Waals surface area contributed by atoms with Crippen LogP contribution in [0.25, 0.3) is 0 Å². The van der Waals surface area contributed by atoms with Crippen molar-refractivity contribution in [3.63, 3.8) is 0 Å². The van der Waals surface area contributed by atoms with E-state index in [0.717, 1.165) is 16.7 Å². The lowest BCUT2D eigenvalue weighted by Crippen LogP contribution is -2.26. The number of carbonyl (C=O) groups is 1. The number of ether oxygens (including phenoxy) is 1. The predicted octanol–water partition coefficient (Wildman–Crippen LogP) is 6.13. The summed E-state index contributed by atoms with van der Waals surface area (Å²) in [5, 5.41) is 14.4. The van der Waals surface area contributed by atoms with Crippen molar-refractivity contribution in [1.29, 1.82) is 0 Å². The Morgan fingerprint density at radius 1 is 0.829 bits per heavy atom. The molecule has 35 heavy (non-hydrogen) atoms. The normalized spacial score (nSPS) is 10.7. The maximum atomic E-state index is 13.0. The van der Waals surface area contributed by atoms with E-state index >= 15 is 0 Å². The van der Waals surface area contributed by atoms with Crippen molar-refractivity contribution in [3.8, 4) is 5.75 Å². The Morgan fingerprint density at radius 2 is 1.40 bits per heavy atom. The molecule has 1 amide bonds. The van der Waals surface area contributed by atoms with Crippen LogP contribution in [0.1, 0.15) is 39.4 Å². The Kier molecular flexibility index (Phi) is 7.86. The highest BCUT2D eigenvalue weighted by Crippen LogP contribution is 2.28. The van der Waals surface area contributed by atoms with E-state index in [1.165, 1.54) is 18.2 Å². The molecule has 0 radical (unpaired) electrons. The van der Waals surface area contributed by atoms with Crippen molar-refractivity contribution < 1.29 is 14.5 Å². The number of carbonyl (C=O) groups excluding carboxylic acids is 1. The van der Waals surface area contributed by atoms with Crippen LogP contribution in [0.5, 0.6) is 5.75 Å². The molecule has 0 fully saturated rings. The van der Waals surface area contributed by atoms with Crippen molar-refractivity contribution in [2.24, 2.45) is 0 Å². The van der Waals surface area contributed by atoms with E-state index in [-0.39, 0.29) is 17.2 Å². The summed E-state index contributed by atoms with van der Waals surface area (Å²) >= 11 is 0. The van der Waals surface area contributed by atoms with Gasteiger partial charge in [0.15, 0.2) is 0 Å².